The van der Waals surface area contributed by atoms with Crippen molar-refractivity contribution in [1.29, 1.82) is 0 Å². The molecule has 0 radical (unpaired) electrons. The second kappa shape index (κ2) is 8.82. The molecule has 0 saturated carbocycles. The number of nitrogens with zero attached hydrogens (tertiary/aromatic N) is 1. The van der Waals surface area contributed by atoms with Crippen molar-refractivity contribution < 1.29 is 22.3 Å². The molecule has 1 unspecified atom stereocenters. The van der Waals surface area contributed by atoms with Gasteiger partial charge in [-0.1, -0.05) is 41.9 Å². The van der Waals surface area contributed by atoms with Crippen LogP contribution in [0, 0.1) is 5.82 Å². The van der Waals surface area contributed by atoms with Gasteiger partial charge in [0.25, 0.3) is 6.36 Å². The van der Waals surface area contributed by atoms with Crippen LogP contribution in [-0.2, 0) is 11.8 Å². The Bertz CT molecular complexity index is 953. The van der Waals surface area contributed by atoms with Gasteiger partial charge in [-0.3, -0.25) is 4.98 Å². The van der Waals surface area contributed by atoms with Crippen molar-refractivity contribution in [1.82, 2.24) is 4.98 Å². The van der Waals surface area contributed by atoms with E-state index in [0.29, 0.717) is 22.7 Å². The summed E-state index contributed by atoms with van der Waals surface area (Å²) in [4.78, 5) is 4.38. The standard InChI is InChI=1S/C22H18ClF4NO/c1-22(12-14-5-3-2-4-6-14,19-8-7-16(23)13-28-19)15-9-17(24)11-18(10-15)29-21(27)20(25)26/h2-11,13,20-21H,12H2,1H3/t21?,22-/m1/s1. The predicted molar refractivity (Wildman–Crippen MR) is 104 cm³/mol. The van der Waals surface area contributed by atoms with E-state index in [2.05, 4.69) is 9.72 Å². The second-order valence-corrected chi connectivity index (χ2v) is 7.27. The monoisotopic (exact) mass is 423 g/mol. The molecule has 152 valence electrons. The number of aromatic nitrogens is 1. The lowest BCUT2D eigenvalue weighted by Crippen LogP contribution is -2.28. The average Bonchev–Trinajstić information content (AvgIpc) is 2.68. The van der Waals surface area contributed by atoms with Crippen molar-refractivity contribution >= 4 is 11.6 Å². The summed E-state index contributed by atoms with van der Waals surface area (Å²) in [5.74, 6) is -1.05. The number of benzene rings is 2. The van der Waals surface area contributed by atoms with Gasteiger partial charge in [0.05, 0.1) is 10.7 Å². The fourth-order valence-electron chi connectivity index (χ4n) is 3.18. The van der Waals surface area contributed by atoms with Gasteiger partial charge in [0, 0.05) is 17.7 Å². The molecule has 0 saturated heterocycles. The van der Waals surface area contributed by atoms with Crippen molar-refractivity contribution in [3.05, 3.63) is 94.5 Å². The predicted octanol–water partition coefficient (Wildman–Crippen LogP) is 6.36. The molecule has 3 aromatic rings. The molecule has 7 heteroatoms. The molecule has 1 heterocycles. The molecule has 0 aliphatic carbocycles. The minimum Gasteiger partial charge on any atom is -0.454 e. The van der Waals surface area contributed by atoms with E-state index in [-0.39, 0.29) is 5.75 Å². The zero-order chi connectivity index (χ0) is 21.0. The van der Waals surface area contributed by atoms with E-state index < -0.39 is 24.0 Å². The number of alkyl halides is 3. The van der Waals surface area contributed by atoms with Crippen molar-refractivity contribution in [2.24, 2.45) is 0 Å². The van der Waals surface area contributed by atoms with E-state index in [1.165, 1.54) is 18.3 Å². The van der Waals surface area contributed by atoms with E-state index in [1.54, 1.807) is 12.1 Å². The van der Waals surface area contributed by atoms with Gasteiger partial charge < -0.3 is 4.74 Å². The summed E-state index contributed by atoms with van der Waals surface area (Å²) in [5, 5.41) is 0.441. The normalized spacial score (nSPS) is 14.4. The van der Waals surface area contributed by atoms with Crippen LogP contribution in [0.25, 0.3) is 0 Å². The molecule has 29 heavy (non-hydrogen) atoms. The molecule has 0 spiro atoms. The molecule has 0 amide bonds. The number of ether oxygens (including phenoxy) is 1. The molecule has 2 aromatic carbocycles. The maximum absolute atomic E-state index is 14.3. The van der Waals surface area contributed by atoms with Gasteiger partial charge in [0.2, 0.25) is 0 Å². The first-order chi connectivity index (χ1) is 13.8. The third-order valence-corrected chi connectivity index (χ3v) is 4.87. The van der Waals surface area contributed by atoms with Gasteiger partial charge in [0.1, 0.15) is 11.6 Å². The molecule has 2 atom stereocenters. The third-order valence-electron chi connectivity index (χ3n) is 4.65. The topological polar surface area (TPSA) is 22.1 Å². The summed E-state index contributed by atoms with van der Waals surface area (Å²) in [5.41, 5.74) is 1.10. The van der Waals surface area contributed by atoms with Gasteiger partial charge in [-0.25, -0.2) is 13.2 Å². The lowest BCUT2D eigenvalue weighted by atomic mass is 9.74. The fourth-order valence-corrected chi connectivity index (χ4v) is 3.29. The van der Waals surface area contributed by atoms with Crippen LogP contribution in [0.2, 0.25) is 5.02 Å². The Balaban J connectivity index is 2.08. The minimum atomic E-state index is -3.34. The molecule has 0 aliphatic heterocycles. The van der Waals surface area contributed by atoms with Crippen LogP contribution in [0.1, 0.15) is 23.7 Å². The first kappa shape index (κ1) is 21.1. The van der Waals surface area contributed by atoms with Crippen molar-refractivity contribution in [3.63, 3.8) is 0 Å². The zero-order valence-corrected chi connectivity index (χ0v) is 16.2. The third kappa shape index (κ3) is 5.07. The SMILES string of the molecule is C[C@@](Cc1ccccc1)(c1cc(F)cc(OC(F)C(F)F)c1)c1ccc(Cl)cn1. The zero-order valence-electron chi connectivity index (χ0n) is 15.5. The Kier molecular flexibility index (Phi) is 6.42. The summed E-state index contributed by atoms with van der Waals surface area (Å²) in [6.07, 6.45) is -4.28. The highest BCUT2D eigenvalue weighted by molar-refractivity contribution is 6.30. The summed E-state index contributed by atoms with van der Waals surface area (Å²) in [6.45, 7) is 1.84. The smallest absolute Gasteiger partial charge is 0.304 e. The molecule has 0 N–H and O–H groups in total. The molecular weight excluding hydrogens is 406 g/mol. The van der Waals surface area contributed by atoms with Crippen LogP contribution in [0.5, 0.6) is 5.75 Å². The van der Waals surface area contributed by atoms with Gasteiger partial charge in [-0.15, -0.1) is 0 Å². The van der Waals surface area contributed by atoms with E-state index in [4.69, 9.17) is 11.6 Å². The van der Waals surface area contributed by atoms with Crippen LogP contribution in [0.15, 0.2) is 66.9 Å². The van der Waals surface area contributed by atoms with Crippen LogP contribution in [-0.4, -0.2) is 17.8 Å². The molecule has 0 aliphatic rings. The fraction of sp³-hybridized carbons (Fsp3) is 0.227. The molecule has 1 aromatic heterocycles. The summed E-state index contributed by atoms with van der Waals surface area (Å²) in [6, 6.07) is 16.3. The van der Waals surface area contributed by atoms with Crippen LogP contribution >= 0.6 is 11.6 Å². The maximum Gasteiger partial charge on any atom is 0.304 e. The molecule has 0 fully saturated rings. The summed E-state index contributed by atoms with van der Waals surface area (Å²) < 4.78 is 57.3. The molecule has 3 rings (SSSR count). The maximum atomic E-state index is 14.3. The van der Waals surface area contributed by atoms with Gasteiger partial charge >= 0.3 is 6.43 Å². The molecular formula is C22H18ClF4NO. The minimum absolute atomic E-state index is 0.318. The molecule has 0 bridgehead atoms. The highest BCUT2D eigenvalue weighted by Crippen LogP contribution is 2.37. The number of pyridine rings is 1. The average molecular weight is 424 g/mol. The van der Waals surface area contributed by atoms with E-state index in [9.17, 15) is 17.6 Å². The molecule has 2 nitrogen and oxygen atoms in total. The van der Waals surface area contributed by atoms with Crippen LogP contribution in [0.3, 0.4) is 0 Å². The van der Waals surface area contributed by atoms with Gasteiger partial charge in [-0.05, 0) is 48.7 Å². The van der Waals surface area contributed by atoms with Gasteiger partial charge in [-0.2, -0.15) is 4.39 Å². The van der Waals surface area contributed by atoms with E-state index in [0.717, 1.165) is 11.6 Å². The quantitative estimate of drug-likeness (QED) is 0.412. The Hall–Kier alpha value is -2.60. The summed E-state index contributed by atoms with van der Waals surface area (Å²) in [7, 11) is 0. The Morgan fingerprint density at radius 3 is 2.38 bits per heavy atom. The number of hydrogen-bond donors (Lipinski definition) is 0. The van der Waals surface area contributed by atoms with Crippen molar-refractivity contribution in [3.8, 4) is 5.75 Å². The van der Waals surface area contributed by atoms with Crippen LogP contribution in [0.4, 0.5) is 17.6 Å². The summed E-state index contributed by atoms with van der Waals surface area (Å²) >= 11 is 5.95. The van der Waals surface area contributed by atoms with Crippen molar-refractivity contribution in [2.45, 2.75) is 31.5 Å². The van der Waals surface area contributed by atoms with Crippen molar-refractivity contribution in [2.75, 3.05) is 0 Å². The Morgan fingerprint density at radius 1 is 1.03 bits per heavy atom. The Labute approximate surface area is 171 Å². The van der Waals surface area contributed by atoms with Crippen LogP contribution < -0.4 is 4.74 Å². The number of rotatable bonds is 7. The number of hydrogen-bond acceptors (Lipinski definition) is 2. The number of halogens is 5. The first-order valence-corrected chi connectivity index (χ1v) is 9.21. The second-order valence-electron chi connectivity index (χ2n) is 6.84. The lowest BCUT2D eigenvalue weighted by molar-refractivity contribution is -0.0670. The van der Waals surface area contributed by atoms with E-state index in [1.807, 2.05) is 37.3 Å². The largest absolute Gasteiger partial charge is 0.454 e. The first-order valence-electron chi connectivity index (χ1n) is 8.84. The van der Waals surface area contributed by atoms with E-state index >= 15 is 0 Å². The lowest BCUT2D eigenvalue weighted by Gasteiger charge is -2.30. The highest BCUT2D eigenvalue weighted by atomic mass is 35.5. The highest BCUT2D eigenvalue weighted by Gasteiger charge is 2.32. The van der Waals surface area contributed by atoms with Gasteiger partial charge in [0.15, 0.2) is 0 Å². The Morgan fingerprint density at radius 2 is 1.76 bits per heavy atom.